The van der Waals surface area contributed by atoms with E-state index in [9.17, 15) is 9.90 Å². The van der Waals surface area contributed by atoms with E-state index in [1.165, 1.54) is 22.3 Å². The number of carbonyl (C=O) groups is 1. The number of carbonyl (C=O) groups excluding carboxylic acids is 1. The monoisotopic (exact) mass is 457 g/mol. The summed E-state index contributed by atoms with van der Waals surface area (Å²) in [7, 11) is 0. The van der Waals surface area contributed by atoms with Gasteiger partial charge in [0.05, 0.1) is 25.3 Å². The van der Waals surface area contributed by atoms with Gasteiger partial charge in [-0.1, -0.05) is 48.5 Å². The summed E-state index contributed by atoms with van der Waals surface area (Å²) in [5, 5.41) is 11.4. The number of aryl methyl sites for hydroxylation is 1. The van der Waals surface area contributed by atoms with Crippen LogP contribution in [0.2, 0.25) is 0 Å². The van der Waals surface area contributed by atoms with Crippen LogP contribution in [0.25, 0.3) is 11.1 Å². The van der Waals surface area contributed by atoms with Crippen molar-refractivity contribution in [2.24, 2.45) is 0 Å². The number of amides is 1. The molecule has 2 atom stereocenters. The molecule has 0 saturated carbocycles. The van der Waals surface area contributed by atoms with Gasteiger partial charge in [0.2, 0.25) is 0 Å². The summed E-state index contributed by atoms with van der Waals surface area (Å²) in [5.74, 6) is 0.423. The molecule has 1 aromatic heterocycles. The Morgan fingerprint density at radius 1 is 1.06 bits per heavy atom. The van der Waals surface area contributed by atoms with E-state index in [0.717, 1.165) is 5.69 Å². The van der Waals surface area contributed by atoms with Crippen molar-refractivity contribution in [1.29, 1.82) is 0 Å². The number of piperidine rings is 1. The maximum absolute atomic E-state index is 13.3. The molecule has 3 heterocycles. The van der Waals surface area contributed by atoms with Gasteiger partial charge in [-0.3, -0.25) is 4.90 Å². The molecule has 7 heteroatoms. The van der Waals surface area contributed by atoms with Crippen molar-refractivity contribution in [2.45, 2.75) is 43.4 Å². The number of hydrogen-bond donors (Lipinski definition) is 1. The molecule has 2 saturated heterocycles. The van der Waals surface area contributed by atoms with Gasteiger partial charge in [0.25, 0.3) is 0 Å². The lowest BCUT2D eigenvalue weighted by atomic mass is 9.80. The van der Waals surface area contributed by atoms with Crippen molar-refractivity contribution in [2.75, 3.05) is 19.8 Å². The minimum Gasteiger partial charge on any atom is -0.448 e. The maximum atomic E-state index is 13.3. The largest absolute Gasteiger partial charge is 0.448 e. The van der Waals surface area contributed by atoms with Crippen molar-refractivity contribution in [3.63, 3.8) is 0 Å². The third-order valence-electron chi connectivity index (χ3n) is 7.31. The first-order chi connectivity index (χ1) is 16.5. The normalized spacial score (nSPS) is 25.5. The number of fused-ring (bicyclic) bond motifs is 5. The van der Waals surface area contributed by atoms with Crippen molar-refractivity contribution in [1.82, 2.24) is 14.9 Å². The molecule has 0 radical (unpaired) electrons. The van der Waals surface area contributed by atoms with Crippen LogP contribution in [0.3, 0.4) is 0 Å². The SMILES string of the molecule is Cc1ccnc(C2(O)CC3COCC(C2)N3C(=O)OCC2c3ccccc3-c3ccccc32)n1. The topological polar surface area (TPSA) is 84.8 Å². The molecule has 2 bridgehead atoms. The van der Waals surface area contributed by atoms with E-state index in [1.807, 2.05) is 37.3 Å². The van der Waals surface area contributed by atoms with Crippen molar-refractivity contribution >= 4 is 6.09 Å². The summed E-state index contributed by atoms with van der Waals surface area (Å²) in [5.41, 5.74) is 4.38. The summed E-state index contributed by atoms with van der Waals surface area (Å²) >= 11 is 0. The quantitative estimate of drug-likeness (QED) is 0.644. The molecule has 6 rings (SSSR count). The molecule has 174 valence electrons. The summed E-state index contributed by atoms with van der Waals surface area (Å²) in [6.07, 6.45) is 1.95. The zero-order chi connectivity index (χ0) is 23.3. The number of benzene rings is 2. The Bertz CT molecular complexity index is 1190. The number of rotatable bonds is 3. The van der Waals surface area contributed by atoms with E-state index >= 15 is 0 Å². The molecule has 2 unspecified atom stereocenters. The molecule has 3 aliphatic rings. The smallest absolute Gasteiger partial charge is 0.410 e. The Kier molecular flexibility index (Phi) is 5.12. The van der Waals surface area contributed by atoms with Gasteiger partial charge < -0.3 is 14.6 Å². The molecule has 3 aromatic rings. The molecule has 1 aliphatic carbocycles. The Morgan fingerprint density at radius 2 is 1.68 bits per heavy atom. The number of aliphatic hydroxyl groups is 1. The minimum atomic E-state index is -1.19. The van der Waals surface area contributed by atoms with Gasteiger partial charge in [-0.25, -0.2) is 14.8 Å². The Balaban J connectivity index is 1.21. The van der Waals surface area contributed by atoms with Crippen LogP contribution < -0.4 is 0 Å². The van der Waals surface area contributed by atoms with Gasteiger partial charge in [0.15, 0.2) is 5.82 Å². The highest BCUT2D eigenvalue weighted by molar-refractivity contribution is 5.79. The predicted molar refractivity (Wildman–Crippen MR) is 125 cm³/mol. The lowest BCUT2D eigenvalue weighted by molar-refractivity contribution is -0.139. The molecule has 2 aliphatic heterocycles. The molecule has 2 aromatic carbocycles. The average molecular weight is 458 g/mol. The number of morpholine rings is 1. The van der Waals surface area contributed by atoms with E-state index < -0.39 is 5.60 Å². The average Bonchev–Trinajstić information content (AvgIpc) is 3.16. The minimum absolute atomic E-state index is 0.00913. The van der Waals surface area contributed by atoms with Crippen LogP contribution in [0.15, 0.2) is 60.8 Å². The number of nitrogens with zero attached hydrogens (tertiary/aromatic N) is 3. The van der Waals surface area contributed by atoms with Gasteiger partial charge in [-0.15, -0.1) is 0 Å². The highest BCUT2D eigenvalue weighted by Crippen LogP contribution is 2.45. The van der Waals surface area contributed by atoms with Gasteiger partial charge >= 0.3 is 6.09 Å². The van der Waals surface area contributed by atoms with Gasteiger partial charge in [0.1, 0.15) is 12.2 Å². The highest BCUT2D eigenvalue weighted by Gasteiger charge is 2.51. The zero-order valence-corrected chi connectivity index (χ0v) is 19.1. The number of aromatic nitrogens is 2. The first kappa shape index (κ1) is 21.3. The predicted octanol–water partition coefficient (Wildman–Crippen LogP) is 3.78. The van der Waals surface area contributed by atoms with E-state index in [1.54, 1.807) is 11.1 Å². The van der Waals surface area contributed by atoms with Crippen LogP contribution in [0.4, 0.5) is 4.79 Å². The van der Waals surface area contributed by atoms with Crippen LogP contribution in [0, 0.1) is 6.92 Å². The molecule has 0 spiro atoms. The molecular formula is C27H27N3O4. The summed E-state index contributed by atoms with van der Waals surface area (Å²) in [4.78, 5) is 23.9. The van der Waals surface area contributed by atoms with Crippen molar-refractivity contribution in [3.8, 4) is 11.1 Å². The highest BCUT2D eigenvalue weighted by atomic mass is 16.6. The third kappa shape index (κ3) is 3.47. The number of ether oxygens (including phenoxy) is 2. The number of hydrogen-bond acceptors (Lipinski definition) is 6. The second-order valence-corrected chi connectivity index (χ2v) is 9.52. The fourth-order valence-electron chi connectivity index (χ4n) is 5.80. The van der Waals surface area contributed by atoms with Crippen LogP contribution in [-0.2, 0) is 15.1 Å². The molecule has 34 heavy (non-hydrogen) atoms. The fourth-order valence-corrected chi connectivity index (χ4v) is 5.80. The second kappa shape index (κ2) is 8.18. The molecule has 1 amide bonds. The first-order valence-electron chi connectivity index (χ1n) is 11.8. The van der Waals surface area contributed by atoms with E-state index in [2.05, 4.69) is 34.2 Å². The van der Waals surface area contributed by atoms with Crippen LogP contribution >= 0.6 is 0 Å². The van der Waals surface area contributed by atoms with Gasteiger partial charge in [0, 0.05) is 30.7 Å². The van der Waals surface area contributed by atoms with Crippen LogP contribution in [0.5, 0.6) is 0 Å². The lowest BCUT2D eigenvalue weighted by Crippen LogP contribution is -2.63. The lowest BCUT2D eigenvalue weighted by Gasteiger charge is -2.50. The van der Waals surface area contributed by atoms with Crippen molar-refractivity contribution < 1.29 is 19.4 Å². The van der Waals surface area contributed by atoms with E-state index in [-0.39, 0.29) is 30.7 Å². The second-order valence-electron chi connectivity index (χ2n) is 9.52. The molecule has 1 N–H and O–H groups in total. The van der Waals surface area contributed by atoms with Crippen molar-refractivity contribution in [3.05, 3.63) is 83.4 Å². The zero-order valence-electron chi connectivity index (χ0n) is 19.1. The van der Waals surface area contributed by atoms with Gasteiger partial charge in [-0.05, 0) is 35.2 Å². The molecule has 7 nitrogen and oxygen atoms in total. The summed E-state index contributed by atoms with van der Waals surface area (Å²) < 4.78 is 11.7. The Hall–Kier alpha value is -3.29. The maximum Gasteiger partial charge on any atom is 0.410 e. The van der Waals surface area contributed by atoms with E-state index in [0.29, 0.717) is 31.9 Å². The first-order valence-corrected chi connectivity index (χ1v) is 11.8. The standard InChI is InChI=1S/C27H27N3O4/c1-17-10-11-28-25(29-17)27(32)12-18-14-33-15-19(13-27)30(18)26(31)34-16-24-22-8-4-2-6-20(22)21-7-3-5-9-23(21)24/h2-11,18-19,24,32H,12-16H2,1H3. The summed E-state index contributed by atoms with van der Waals surface area (Å²) in [6.45, 7) is 2.86. The Labute approximate surface area is 198 Å². The van der Waals surface area contributed by atoms with Gasteiger partial charge in [-0.2, -0.15) is 0 Å². The summed E-state index contributed by atoms with van der Waals surface area (Å²) in [6, 6.07) is 17.8. The molecule has 2 fully saturated rings. The molecular weight excluding hydrogens is 430 g/mol. The van der Waals surface area contributed by atoms with Crippen LogP contribution in [-0.4, -0.2) is 58.0 Å². The fraction of sp³-hybridized carbons (Fsp3) is 0.370. The van der Waals surface area contributed by atoms with Crippen LogP contribution in [0.1, 0.15) is 41.4 Å². The Morgan fingerprint density at radius 3 is 2.29 bits per heavy atom. The van der Waals surface area contributed by atoms with E-state index in [4.69, 9.17) is 9.47 Å². The third-order valence-corrected chi connectivity index (χ3v) is 7.31.